The maximum atomic E-state index is 5.62. The molecule has 0 amide bonds. The topological polar surface area (TPSA) is 18.5 Å². The zero-order valence-electron chi connectivity index (χ0n) is 20.3. The molecule has 0 radical (unpaired) electrons. The molecule has 0 heterocycles. The Kier molecular flexibility index (Phi) is 28.7. The van der Waals surface area contributed by atoms with Crippen LogP contribution >= 0.6 is 9.03 Å². The van der Waals surface area contributed by atoms with Gasteiger partial charge in [0.25, 0.3) is 0 Å². The SMILES string of the molecule is CCCCCCCCCCCCCOPOCCCCCCCCCCCCC. The Bertz CT molecular complexity index is 247. The Hall–Kier alpha value is 0.350. The van der Waals surface area contributed by atoms with Gasteiger partial charge in [0.15, 0.2) is 9.03 Å². The molecule has 176 valence electrons. The van der Waals surface area contributed by atoms with Crippen molar-refractivity contribution in [1.82, 2.24) is 0 Å². The minimum Gasteiger partial charge on any atom is -0.336 e. The van der Waals surface area contributed by atoms with Crippen molar-refractivity contribution in [3.8, 4) is 0 Å². The van der Waals surface area contributed by atoms with Crippen molar-refractivity contribution in [3.63, 3.8) is 0 Å². The second-order valence-electron chi connectivity index (χ2n) is 8.85. The zero-order valence-corrected chi connectivity index (χ0v) is 21.3. The van der Waals surface area contributed by atoms with Crippen LogP contribution in [-0.4, -0.2) is 13.2 Å². The molecular weight excluding hydrogens is 375 g/mol. The molecule has 0 aliphatic rings. The lowest BCUT2D eigenvalue weighted by molar-refractivity contribution is 0.256. The molecule has 0 aromatic carbocycles. The quantitative estimate of drug-likeness (QED) is 0.100. The van der Waals surface area contributed by atoms with Gasteiger partial charge in [-0.15, -0.1) is 0 Å². The van der Waals surface area contributed by atoms with Crippen LogP contribution in [0.1, 0.15) is 155 Å². The van der Waals surface area contributed by atoms with E-state index in [2.05, 4.69) is 13.8 Å². The first kappa shape index (κ1) is 29.4. The summed E-state index contributed by atoms with van der Waals surface area (Å²) in [6, 6.07) is 0. The molecule has 0 fully saturated rings. The fourth-order valence-corrected chi connectivity index (χ4v) is 4.34. The van der Waals surface area contributed by atoms with Crippen molar-refractivity contribution in [2.45, 2.75) is 155 Å². The summed E-state index contributed by atoms with van der Waals surface area (Å²) in [6.45, 7) is 6.34. The lowest BCUT2D eigenvalue weighted by atomic mass is 10.1. The van der Waals surface area contributed by atoms with Crippen LogP contribution in [0, 0.1) is 0 Å². The Morgan fingerprint density at radius 2 is 0.586 bits per heavy atom. The maximum absolute atomic E-state index is 5.62. The fraction of sp³-hybridized carbons (Fsp3) is 1.00. The average molecular weight is 431 g/mol. The van der Waals surface area contributed by atoms with E-state index in [1.54, 1.807) is 0 Å². The first-order valence-corrected chi connectivity index (χ1v) is 14.2. The second kappa shape index (κ2) is 28.4. The van der Waals surface area contributed by atoms with Crippen LogP contribution < -0.4 is 0 Å². The molecule has 0 aliphatic carbocycles. The summed E-state index contributed by atoms with van der Waals surface area (Å²) in [5, 5.41) is 0. The number of hydrogen-bond donors (Lipinski definition) is 0. The van der Waals surface area contributed by atoms with Crippen molar-refractivity contribution < 1.29 is 9.05 Å². The largest absolute Gasteiger partial charge is 0.336 e. The third-order valence-corrected chi connectivity index (χ3v) is 6.46. The third kappa shape index (κ3) is 28.4. The van der Waals surface area contributed by atoms with Gasteiger partial charge in [0, 0.05) is 0 Å². The van der Waals surface area contributed by atoms with Gasteiger partial charge in [0.1, 0.15) is 0 Å². The Balaban J connectivity index is 2.97. The molecule has 0 bridgehead atoms. The molecule has 29 heavy (non-hydrogen) atoms. The highest BCUT2D eigenvalue weighted by Crippen LogP contribution is 2.17. The van der Waals surface area contributed by atoms with E-state index < -0.39 is 0 Å². The van der Waals surface area contributed by atoms with Crippen LogP contribution in [0.5, 0.6) is 0 Å². The van der Waals surface area contributed by atoms with E-state index in [9.17, 15) is 0 Å². The highest BCUT2D eigenvalue weighted by molar-refractivity contribution is 7.26. The van der Waals surface area contributed by atoms with Gasteiger partial charge in [0.05, 0.1) is 13.2 Å². The third-order valence-electron chi connectivity index (χ3n) is 5.82. The van der Waals surface area contributed by atoms with E-state index in [0.29, 0.717) is 0 Å². The molecule has 0 saturated heterocycles. The van der Waals surface area contributed by atoms with Crippen molar-refractivity contribution in [1.29, 1.82) is 0 Å². The Labute approximate surface area is 186 Å². The minimum absolute atomic E-state index is 0.255. The van der Waals surface area contributed by atoms with E-state index in [0.717, 1.165) is 13.2 Å². The lowest BCUT2D eigenvalue weighted by Gasteiger charge is -2.06. The van der Waals surface area contributed by atoms with Gasteiger partial charge in [-0.2, -0.15) is 0 Å². The van der Waals surface area contributed by atoms with Crippen LogP contribution in [0.25, 0.3) is 0 Å². The highest BCUT2D eigenvalue weighted by atomic mass is 31.1. The van der Waals surface area contributed by atoms with Crippen molar-refractivity contribution in [2.24, 2.45) is 0 Å². The van der Waals surface area contributed by atoms with Gasteiger partial charge in [-0.25, -0.2) is 0 Å². The first-order chi connectivity index (χ1) is 14.4. The molecule has 0 unspecified atom stereocenters. The summed E-state index contributed by atoms with van der Waals surface area (Å²) < 4.78 is 11.2. The monoisotopic (exact) mass is 430 g/mol. The van der Waals surface area contributed by atoms with Gasteiger partial charge in [0.2, 0.25) is 0 Å². The van der Waals surface area contributed by atoms with E-state index in [1.165, 1.54) is 141 Å². The zero-order chi connectivity index (χ0) is 21.1. The molecular formula is C26H55O2P. The molecule has 0 spiro atoms. The molecule has 0 atom stereocenters. The van der Waals surface area contributed by atoms with Crippen LogP contribution in [0.4, 0.5) is 0 Å². The summed E-state index contributed by atoms with van der Waals surface area (Å²) in [7, 11) is 0.255. The summed E-state index contributed by atoms with van der Waals surface area (Å²) in [4.78, 5) is 0. The van der Waals surface area contributed by atoms with E-state index in [-0.39, 0.29) is 9.03 Å². The number of hydrogen-bond acceptors (Lipinski definition) is 2. The molecule has 0 aliphatic heterocycles. The normalized spacial score (nSPS) is 11.4. The molecule has 0 saturated carbocycles. The van der Waals surface area contributed by atoms with Crippen molar-refractivity contribution in [2.75, 3.05) is 13.2 Å². The van der Waals surface area contributed by atoms with Gasteiger partial charge >= 0.3 is 0 Å². The fourth-order valence-electron chi connectivity index (χ4n) is 3.80. The summed E-state index contributed by atoms with van der Waals surface area (Å²) in [6.07, 6.45) is 30.5. The summed E-state index contributed by atoms with van der Waals surface area (Å²) >= 11 is 0. The minimum atomic E-state index is 0.255. The van der Waals surface area contributed by atoms with Crippen molar-refractivity contribution in [3.05, 3.63) is 0 Å². The second-order valence-corrected chi connectivity index (χ2v) is 9.60. The molecule has 0 N–H and O–H groups in total. The lowest BCUT2D eigenvalue weighted by Crippen LogP contribution is -1.90. The smallest absolute Gasteiger partial charge is 0.155 e. The number of unbranched alkanes of at least 4 members (excludes halogenated alkanes) is 20. The van der Waals surface area contributed by atoms with Gasteiger partial charge < -0.3 is 9.05 Å². The highest BCUT2D eigenvalue weighted by Gasteiger charge is 1.96. The predicted molar refractivity (Wildman–Crippen MR) is 133 cm³/mol. The Morgan fingerprint density at radius 1 is 0.345 bits per heavy atom. The Morgan fingerprint density at radius 3 is 0.862 bits per heavy atom. The summed E-state index contributed by atoms with van der Waals surface area (Å²) in [5.74, 6) is 0. The van der Waals surface area contributed by atoms with Crippen LogP contribution in [-0.2, 0) is 9.05 Å². The maximum Gasteiger partial charge on any atom is 0.155 e. The van der Waals surface area contributed by atoms with Crippen molar-refractivity contribution >= 4 is 9.03 Å². The van der Waals surface area contributed by atoms with Crippen LogP contribution in [0.3, 0.4) is 0 Å². The van der Waals surface area contributed by atoms with Gasteiger partial charge in [-0.05, 0) is 12.8 Å². The first-order valence-electron chi connectivity index (χ1n) is 13.4. The molecule has 2 nitrogen and oxygen atoms in total. The molecule has 3 heteroatoms. The van der Waals surface area contributed by atoms with E-state index in [1.807, 2.05) is 0 Å². The van der Waals surface area contributed by atoms with E-state index >= 15 is 0 Å². The van der Waals surface area contributed by atoms with Crippen LogP contribution in [0.15, 0.2) is 0 Å². The van der Waals surface area contributed by atoms with Gasteiger partial charge in [-0.1, -0.05) is 142 Å². The van der Waals surface area contributed by atoms with Gasteiger partial charge in [-0.3, -0.25) is 0 Å². The molecule has 0 aromatic rings. The average Bonchev–Trinajstić information content (AvgIpc) is 2.74. The molecule has 0 aromatic heterocycles. The van der Waals surface area contributed by atoms with Crippen LogP contribution in [0.2, 0.25) is 0 Å². The standard InChI is InChI=1S/C26H55O2P/c1-3-5-7-9-11-13-15-17-19-21-23-25-27-29-28-26-24-22-20-18-16-14-12-10-8-6-4-2/h29H,3-26H2,1-2H3. The molecule has 0 rings (SSSR count). The van der Waals surface area contributed by atoms with E-state index in [4.69, 9.17) is 9.05 Å². The number of rotatable bonds is 26. The summed E-state index contributed by atoms with van der Waals surface area (Å²) in [5.41, 5.74) is 0. The predicted octanol–water partition coefficient (Wildman–Crippen LogP) is 10.2.